The van der Waals surface area contributed by atoms with Crippen molar-refractivity contribution in [3.05, 3.63) is 32.5 Å². The monoisotopic (exact) mass is 198 g/mol. The maximum atomic E-state index is 9.85. The van der Waals surface area contributed by atoms with Gasteiger partial charge in [-0.05, 0) is 11.4 Å². The van der Waals surface area contributed by atoms with Gasteiger partial charge in [-0.15, -0.1) is 11.3 Å². The summed E-state index contributed by atoms with van der Waals surface area (Å²) in [6.07, 6.45) is 1.39. The molecule has 0 atom stereocenters. The normalized spacial score (nSPS) is 10.2. The molecule has 0 spiro atoms. The van der Waals surface area contributed by atoms with E-state index in [1.165, 1.54) is 17.6 Å². The number of rotatable bonds is 2. The van der Waals surface area contributed by atoms with Crippen LogP contribution in [0, 0.1) is 15.5 Å². The molecule has 0 saturated heterocycles. The van der Waals surface area contributed by atoms with Gasteiger partial charge in [-0.1, -0.05) is 11.5 Å². The second-order valence-corrected chi connectivity index (χ2v) is 2.97. The molecule has 1 heterocycles. The minimum Gasteiger partial charge on any atom is -0.263 e. The molecule has 13 heavy (non-hydrogen) atoms. The van der Waals surface area contributed by atoms with Gasteiger partial charge < -0.3 is 0 Å². The van der Waals surface area contributed by atoms with E-state index >= 15 is 0 Å². The lowest BCUT2D eigenvalue weighted by Crippen LogP contribution is -2.26. The van der Waals surface area contributed by atoms with Gasteiger partial charge in [0.1, 0.15) is 0 Å². The van der Waals surface area contributed by atoms with Gasteiger partial charge in [0.2, 0.25) is 0 Å². The van der Waals surface area contributed by atoms with E-state index in [2.05, 4.69) is 4.99 Å². The Morgan fingerprint density at radius 3 is 3.15 bits per heavy atom. The first-order valence-corrected chi connectivity index (χ1v) is 4.13. The minimum absolute atomic E-state index is 0.488. The third kappa shape index (κ3) is 3.43. The first-order valence-electron chi connectivity index (χ1n) is 3.25. The lowest BCUT2D eigenvalue weighted by molar-refractivity contribution is -0.525. The Kier molecular flexibility index (Phi) is 3.09. The molecule has 0 bridgehead atoms. The fourth-order valence-electron chi connectivity index (χ4n) is 0.608. The number of hydrazine groups is 1. The highest BCUT2D eigenvalue weighted by Crippen LogP contribution is 2.04. The lowest BCUT2D eigenvalue weighted by atomic mass is 10.5. The van der Waals surface area contributed by atoms with E-state index in [1.807, 2.05) is 11.4 Å². The van der Waals surface area contributed by atoms with Crippen molar-refractivity contribution < 1.29 is 5.03 Å². The molecule has 1 aromatic rings. The zero-order valence-corrected chi connectivity index (χ0v) is 7.25. The first kappa shape index (κ1) is 9.33. The minimum atomic E-state index is -0.825. The van der Waals surface area contributed by atoms with E-state index in [4.69, 9.17) is 5.41 Å². The molecule has 0 fully saturated rings. The summed E-state index contributed by atoms with van der Waals surface area (Å²) in [6.45, 7) is 0. The second kappa shape index (κ2) is 4.31. The summed E-state index contributed by atoms with van der Waals surface area (Å²) >= 11 is 1.44. The van der Waals surface area contributed by atoms with Gasteiger partial charge in [-0.2, -0.15) is 0 Å². The van der Waals surface area contributed by atoms with Crippen LogP contribution in [0.1, 0.15) is 4.88 Å². The van der Waals surface area contributed by atoms with Crippen molar-refractivity contribution >= 4 is 23.5 Å². The van der Waals surface area contributed by atoms with Gasteiger partial charge in [0.15, 0.2) is 5.03 Å². The predicted octanol–water partition coefficient (Wildman–Crippen LogP) is 0.883. The van der Waals surface area contributed by atoms with Crippen LogP contribution in [0.15, 0.2) is 22.5 Å². The zero-order valence-electron chi connectivity index (χ0n) is 6.43. The molecule has 0 aliphatic heterocycles. The first-order chi connectivity index (χ1) is 6.18. The molecule has 2 N–H and O–H groups in total. The maximum absolute atomic E-state index is 9.85. The van der Waals surface area contributed by atoms with E-state index in [1.54, 1.807) is 11.5 Å². The van der Waals surface area contributed by atoms with Crippen LogP contribution < -0.4 is 5.43 Å². The highest BCUT2D eigenvalue weighted by Gasteiger charge is 1.98. The number of hydrogen-bond donors (Lipinski definition) is 2. The third-order valence-corrected chi connectivity index (χ3v) is 1.87. The smallest absolute Gasteiger partial charge is 0.263 e. The Bertz CT molecular complexity index is 332. The fourth-order valence-corrected chi connectivity index (χ4v) is 1.19. The molecule has 1 rings (SSSR count). The van der Waals surface area contributed by atoms with Crippen molar-refractivity contribution in [3.63, 3.8) is 0 Å². The number of thiophene rings is 1. The SMILES string of the molecule is N=C(/N=C/c1cccs1)N[N+](=O)[O-]. The molecule has 68 valence electrons. The molecule has 7 heteroatoms. The molecule has 0 aliphatic carbocycles. The summed E-state index contributed by atoms with van der Waals surface area (Å²) in [6, 6.07) is 3.63. The van der Waals surface area contributed by atoms with Crippen molar-refractivity contribution in [1.29, 1.82) is 5.41 Å². The second-order valence-electron chi connectivity index (χ2n) is 1.99. The molecule has 0 aromatic carbocycles. The van der Waals surface area contributed by atoms with Crippen LogP contribution in [0.3, 0.4) is 0 Å². The van der Waals surface area contributed by atoms with Crippen LogP contribution >= 0.6 is 11.3 Å². The number of nitrogens with zero attached hydrogens (tertiary/aromatic N) is 2. The van der Waals surface area contributed by atoms with Gasteiger partial charge in [0.05, 0.1) is 0 Å². The molecular formula is C6H6N4O2S. The van der Waals surface area contributed by atoms with E-state index in [-0.39, 0.29) is 0 Å². The summed E-state index contributed by atoms with van der Waals surface area (Å²) < 4.78 is 0. The van der Waals surface area contributed by atoms with Gasteiger partial charge >= 0.3 is 0 Å². The standard InChI is InChI=1S/C6H6N4O2S/c7-6(9-10(11)12)8-4-5-2-1-3-13-5/h1-4H,(H2,7,9)/b8-4+. The Hall–Kier alpha value is -1.76. The van der Waals surface area contributed by atoms with Crippen LogP contribution in [-0.2, 0) is 0 Å². The largest absolute Gasteiger partial charge is 0.277 e. The van der Waals surface area contributed by atoms with Gasteiger partial charge in [0.25, 0.3) is 5.96 Å². The summed E-state index contributed by atoms with van der Waals surface area (Å²) in [5.74, 6) is -0.488. The zero-order chi connectivity index (χ0) is 9.68. The third-order valence-electron chi connectivity index (χ3n) is 1.06. The summed E-state index contributed by atoms with van der Waals surface area (Å²) in [4.78, 5) is 14.2. The van der Waals surface area contributed by atoms with Gasteiger partial charge in [0, 0.05) is 11.1 Å². The van der Waals surface area contributed by atoms with Crippen molar-refractivity contribution in [2.24, 2.45) is 4.99 Å². The van der Waals surface area contributed by atoms with Crippen LogP contribution in [-0.4, -0.2) is 17.2 Å². The molecule has 0 aliphatic rings. The Morgan fingerprint density at radius 2 is 2.62 bits per heavy atom. The van der Waals surface area contributed by atoms with Gasteiger partial charge in [-0.25, -0.2) is 15.1 Å². The fraction of sp³-hybridized carbons (Fsp3) is 0. The molecule has 1 aromatic heterocycles. The van der Waals surface area contributed by atoms with Gasteiger partial charge in [-0.3, -0.25) is 5.41 Å². The highest BCUT2D eigenvalue weighted by molar-refractivity contribution is 7.11. The molecule has 6 nitrogen and oxygen atoms in total. The number of aliphatic imine (C=N–C) groups is 1. The average Bonchev–Trinajstić information content (AvgIpc) is 2.51. The van der Waals surface area contributed by atoms with Crippen LogP contribution in [0.25, 0.3) is 0 Å². The highest BCUT2D eigenvalue weighted by atomic mass is 32.1. The number of hydrogen-bond acceptors (Lipinski definition) is 4. The van der Waals surface area contributed by atoms with E-state index in [0.29, 0.717) is 0 Å². The van der Waals surface area contributed by atoms with Crippen molar-refractivity contribution in [3.8, 4) is 0 Å². The van der Waals surface area contributed by atoms with Crippen molar-refractivity contribution in [2.45, 2.75) is 0 Å². The van der Waals surface area contributed by atoms with Crippen LogP contribution in [0.2, 0.25) is 0 Å². The summed E-state index contributed by atoms with van der Waals surface area (Å²) in [5.41, 5.74) is 1.62. The van der Waals surface area contributed by atoms with Crippen molar-refractivity contribution in [1.82, 2.24) is 5.43 Å². The Balaban J connectivity index is 2.49. The van der Waals surface area contributed by atoms with E-state index in [9.17, 15) is 10.1 Å². The maximum Gasteiger partial charge on any atom is 0.277 e. The average molecular weight is 198 g/mol. The molecule has 0 amide bonds. The quantitative estimate of drug-likeness (QED) is 0.320. The lowest BCUT2D eigenvalue weighted by Gasteiger charge is -1.90. The number of guanidine groups is 1. The summed E-state index contributed by atoms with van der Waals surface area (Å²) in [5, 5.41) is 17.9. The van der Waals surface area contributed by atoms with Crippen molar-refractivity contribution in [2.75, 3.05) is 0 Å². The number of nitrogens with one attached hydrogen (secondary N) is 2. The van der Waals surface area contributed by atoms with E-state index < -0.39 is 11.0 Å². The Morgan fingerprint density at radius 1 is 1.85 bits per heavy atom. The molecular weight excluding hydrogens is 192 g/mol. The van der Waals surface area contributed by atoms with E-state index in [0.717, 1.165) is 4.88 Å². The van der Waals surface area contributed by atoms with Crippen LogP contribution in [0.4, 0.5) is 0 Å². The Labute approximate surface area is 77.6 Å². The van der Waals surface area contributed by atoms with Crippen LogP contribution in [0.5, 0.6) is 0 Å². The number of nitro groups is 1. The summed E-state index contributed by atoms with van der Waals surface area (Å²) in [7, 11) is 0. The predicted molar refractivity (Wildman–Crippen MR) is 49.8 cm³/mol. The molecule has 0 saturated carbocycles. The molecule has 0 radical (unpaired) electrons. The molecule has 0 unspecified atom stereocenters. The topological polar surface area (TPSA) is 91.4 Å².